The van der Waals surface area contributed by atoms with Crippen molar-refractivity contribution in [3.05, 3.63) is 39.8 Å². The number of nitrogens with zero attached hydrogens (tertiary/aromatic N) is 5. The number of carbonyl (C=O) groups is 1. The van der Waals surface area contributed by atoms with E-state index in [0.29, 0.717) is 4.88 Å². The summed E-state index contributed by atoms with van der Waals surface area (Å²) in [5.74, 6) is -0.368. The van der Waals surface area contributed by atoms with Gasteiger partial charge in [-0.2, -0.15) is 10.2 Å². The van der Waals surface area contributed by atoms with Crippen molar-refractivity contribution in [3.8, 4) is 0 Å². The van der Waals surface area contributed by atoms with Gasteiger partial charge in [0.25, 0.3) is 5.91 Å². The van der Waals surface area contributed by atoms with E-state index in [1.807, 2.05) is 0 Å². The second-order valence-electron chi connectivity index (χ2n) is 3.32. The second-order valence-corrected chi connectivity index (χ2v) is 4.41. The summed E-state index contributed by atoms with van der Waals surface area (Å²) in [5, 5.41) is 17.9. The molecule has 0 aliphatic rings. The molecule has 0 bridgehead atoms. The van der Waals surface area contributed by atoms with Gasteiger partial charge < -0.3 is 0 Å². The summed E-state index contributed by atoms with van der Waals surface area (Å²) in [6, 6.07) is 2.93. The van der Waals surface area contributed by atoms with E-state index >= 15 is 0 Å². The highest BCUT2D eigenvalue weighted by Crippen LogP contribution is 2.22. The van der Waals surface area contributed by atoms with Gasteiger partial charge in [0.15, 0.2) is 0 Å². The van der Waals surface area contributed by atoms with Crippen LogP contribution in [0.25, 0.3) is 0 Å². The molecule has 0 saturated carbocycles. The molecule has 1 N–H and O–H groups in total. The first-order chi connectivity index (χ1) is 9.15. The van der Waals surface area contributed by atoms with Crippen molar-refractivity contribution in [2.24, 2.45) is 5.10 Å². The van der Waals surface area contributed by atoms with Crippen LogP contribution in [-0.4, -0.2) is 31.8 Å². The Hall–Kier alpha value is -2.62. The topological polar surface area (TPSA) is 115 Å². The van der Waals surface area contributed by atoms with Gasteiger partial charge in [0.05, 0.1) is 16.0 Å². The molecule has 0 fully saturated rings. The number of nitrogens with one attached hydrogen (secondary N) is 1. The number of hydrazone groups is 1. The lowest BCUT2D eigenvalue weighted by Gasteiger charge is -1.98. The van der Waals surface area contributed by atoms with Crippen molar-refractivity contribution in [3.63, 3.8) is 0 Å². The normalized spacial score (nSPS) is 10.7. The Kier molecular flexibility index (Phi) is 3.93. The standard InChI is InChI=1S/C9H8N6O3S/c16-8(4-14-6-10-5-12-14)13-11-3-7-1-2-9(19-7)15(17)18/h1-3,5-6H,4H2,(H,13,16)/b11-3-. The van der Waals surface area contributed by atoms with Crippen LogP contribution in [0.4, 0.5) is 5.00 Å². The zero-order valence-electron chi connectivity index (χ0n) is 9.46. The van der Waals surface area contributed by atoms with E-state index in [0.717, 1.165) is 11.3 Å². The smallest absolute Gasteiger partial charge is 0.271 e. The summed E-state index contributed by atoms with van der Waals surface area (Å²) >= 11 is 0.971. The summed E-state index contributed by atoms with van der Waals surface area (Å²) in [6.07, 6.45) is 4.07. The molecule has 1 amide bonds. The van der Waals surface area contributed by atoms with Crippen LogP contribution in [-0.2, 0) is 11.3 Å². The number of hydrogen-bond acceptors (Lipinski definition) is 7. The molecule has 10 heteroatoms. The number of thiophene rings is 1. The van der Waals surface area contributed by atoms with Crippen LogP contribution in [0.1, 0.15) is 4.88 Å². The van der Waals surface area contributed by atoms with Crippen LogP contribution in [0, 0.1) is 10.1 Å². The molecule has 2 aromatic heterocycles. The molecule has 0 radical (unpaired) electrons. The van der Waals surface area contributed by atoms with Gasteiger partial charge in [-0.05, 0) is 6.07 Å². The molecule has 19 heavy (non-hydrogen) atoms. The van der Waals surface area contributed by atoms with Gasteiger partial charge in [0.1, 0.15) is 19.2 Å². The largest absolute Gasteiger partial charge is 0.324 e. The molecule has 0 aromatic carbocycles. The van der Waals surface area contributed by atoms with E-state index in [1.54, 1.807) is 6.07 Å². The number of aromatic nitrogens is 3. The van der Waals surface area contributed by atoms with Crippen LogP contribution >= 0.6 is 11.3 Å². The fraction of sp³-hybridized carbons (Fsp3) is 0.111. The minimum absolute atomic E-state index is 0.00191. The predicted octanol–water partition coefficient (Wildman–Crippen LogP) is 0.398. The van der Waals surface area contributed by atoms with Gasteiger partial charge in [-0.1, -0.05) is 11.3 Å². The van der Waals surface area contributed by atoms with Crippen molar-refractivity contribution in [1.29, 1.82) is 0 Å². The van der Waals surface area contributed by atoms with Gasteiger partial charge in [-0.15, -0.1) is 0 Å². The van der Waals surface area contributed by atoms with E-state index < -0.39 is 4.92 Å². The Morgan fingerprint density at radius 3 is 3.11 bits per heavy atom. The number of nitro groups is 1. The molecular weight excluding hydrogens is 272 g/mol. The van der Waals surface area contributed by atoms with Crippen LogP contribution < -0.4 is 5.43 Å². The van der Waals surface area contributed by atoms with E-state index in [1.165, 1.54) is 29.6 Å². The number of hydrogen-bond donors (Lipinski definition) is 1. The maximum atomic E-state index is 11.4. The van der Waals surface area contributed by atoms with Crippen LogP contribution in [0.15, 0.2) is 29.9 Å². The van der Waals surface area contributed by atoms with E-state index in [-0.39, 0.29) is 17.5 Å². The van der Waals surface area contributed by atoms with Gasteiger partial charge in [0.2, 0.25) is 0 Å². The van der Waals surface area contributed by atoms with E-state index in [2.05, 4.69) is 20.6 Å². The zero-order valence-corrected chi connectivity index (χ0v) is 10.3. The Morgan fingerprint density at radius 2 is 2.47 bits per heavy atom. The first-order valence-corrected chi connectivity index (χ1v) is 5.85. The van der Waals surface area contributed by atoms with Gasteiger partial charge >= 0.3 is 5.00 Å². The lowest BCUT2D eigenvalue weighted by Crippen LogP contribution is -2.23. The Morgan fingerprint density at radius 1 is 1.63 bits per heavy atom. The SMILES string of the molecule is O=C(Cn1cncn1)N/N=C\c1ccc([N+](=O)[O-])s1. The van der Waals surface area contributed by atoms with Gasteiger partial charge in [-0.25, -0.2) is 15.1 Å². The molecule has 0 unspecified atom stereocenters. The van der Waals surface area contributed by atoms with E-state index in [9.17, 15) is 14.9 Å². The molecule has 0 atom stereocenters. The van der Waals surface area contributed by atoms with Crippen molar-refractivity contribution >= 4 is 28.5 Å². The summed E-state index contributed by atoms with van der Waals surface area (Å²) in [4.78, 5) is 25.6. The highest BCUT2D eigenvalue weighted by molar-refractivity contribution is 7.16. The van der Waals surface area contributed by atoms with Crippen LogP contribution in [0.2, 0.25) is 0 Å². The lowest BCUT2D eigenvalue weighted by molar-refractivity contribution is -0.380. The summed E-state index contributed by atoms with van der Waals surface area (Å²) in [7, 11) is 0. The van der Waals surface area contributed by atoms with Gasteiger partial charge in [0, 0.05) is 6.07 Å². The summed E-state index contributed by atoms with van der Waals surface area (Å²) in [5.41, 5.74) is 2.29. The molecule has 0 saturated heterocycles. The fourth-order valence-corrected chi connectivity index (χ4v) is 1.87. The molecule has 2 heterocycles. The molecule has 0 aliphatic heterocycles. The van der Waals surface area contributed by atoms with E-state index in [4.69, 9.17) is 0 Å². The summed E-state index contributed by atoms with van der Waals surface area (Å²) in [6.45, 7) is 0.00191. The fourth-order valence-electron chi connectivity index (χ4n) is 1.17. The third-order valence-electron chi connectivity index (χ3n) is 1.95. The first kappa shape index (κ1) is 12.8. The molecule has 0 aliphatic carbocycles. The van der Waals surface area contributed by atoms with Crippen molar-refractivity contribution in [1.82, 2.24) is 20.2 Å². The second kappa shape index (κ2) is 5.82. The molecule has 98 valence electrons. The molecule has 2 rings (SSSR count). The first-order valence-electron chi connectivity index (χ1n) is 5.03. The zero-order chi connectivity index (χ0) is 13.7. The average Bonchev–Trinajstić information content (AvgIpc) is 3.00. The third-order valence-corrected chi connectivity index (χ3v) is 2.92. The number of carbonyl (C=O) groups excluding carboxylic acids is 1. The number of rotatable bonds is 5. The van der Waals surface area contributed by atoms with Crippen molar-refractivity contribution < 1.29 is 9.72 Å². The minimum atomic E-state index is -0.481. The molecular formula is C9H8N6O3S. The maximum Gasteiger partial charge on any atom is 0.324 e. The third kappa shape index (κ3) is 3.67. The molecule has 0 spiro atoms. The van der Waals surface area contributed by atoms with Crippen molar-refractivity contribution in [2.75, 3.05) is 0 Å². The Bertz CT molecular complexity index is 605. The Balaban J connectivity index is 1.85. The minimum Gasteiger partial charge on any atom is -0.271 e. The quantitative estimate of drug-likeness (QED) is 0.483. The Labute approximate surface area is 110 Å². The van der Waals surface area contributed by atoms with Gasteiger partial charge in [-0.3, -0.25) is 14.9 Å². The monoisotopic (exact) mass is 280 g/mol. The number of amides is 1. The molecule has 2 aromatic rings. The lowest BCUT2D eigenvalue weighted by atomic mass is 10.5. The summed E-state index contributed by atoms with van der Waals surface area (Å²) < 4.78 is 1.35. The highest BCUT2D eigenvalue weighted by atomic mass is 32.1. The predicted molar refractivity (Wildman–Crippen MR) is 66.7 cm³/mol. The van der Waals surface area contributed by atoms with Crippen LogP contribution in [0.3, 0.4) is 0 Å². The highest BCUT2D eigenvalue weighted by Gasteiger charge is 2.08. The average molecular weight is 280 g/mol. The molecule has 9 nitrogen and oxygen atoms in total. The van der Waals surface area contributed by atoms with Crippen molar-refractivity contribution in [2.45, 2.75) is 6.54 Å². The van der Waals surface area contributed by atoms with Crippen LogP contribution in [0.5, 0.6) is 0 Å². The maximum absolute atomic E-state index is 11.4.